The van der Waals surface area contributed by atoms with E-state index in [2.05, 4.69) is 4.99 Å². The molecule has 0 spiro atoms. The van der Waals surface area contributed by atoms with Gasteiger partial charge in [-0.05, 0) is 6.07 Å². The molecule has 1 aromatic rings. The highest BCUT2D eigenvalue weighted by molar-refractivity contribution is 8.07. The van der Waals surface area contributed by atoms with Crippen LogP contribution in [-0.2, 0) is 10.7 Å². The van der Waals surface area contributed by atoms with Crippen molar-refractivity contribution in [2.24, 2.45) is 4.99 Å². The molecule has 0 aliphatic carbocycles. The number of benzene rings is 1. The standard InChI is InChI=1S/C8H6N2OS/c9-12-5-6-3-1-2-4-7(6)10-8(12)11/h1-5,9H. The number of amides is 1. The first-order valence-corrected chi connectivity index (χ1v) is 4.70. The largest absolute Gasteiger partial charge is 0.319 e. The molecule has 1 aromatic carbocycles. The minimum Gasteiger partial charge on any atom is -0.267 e. The zero-order valence-corrected chi connectivity index (χ0v) is 6.97. The molecule has 1 aliphatic rings. The van der Waals surface area contributed by atoms with Crippen molar-refractivity contribution >= 4 is 21.3 Å². The fourth-order valence-corrected chi connectivity index (χ4v) is 1.76. The summed E-state index contributed by atoms with van der Waals surface area (Å²) in [5, 5.41) is 2.85. The molecule has 0 saturated carbocycles. The third kappa shape index (κ3) is 1.10. The molecule has 1 N–H and O–H groups in total. The van der Waals surface area contributed by atoms with Crippen molar-refractivity contribution in [2.45, 2.75) is 0 Å². The highest BCUT2D eigenvalue weighted by atomic mass is 32.2. The van der Waals surface area contributed by atoms with Gasteiger partial charge in [0.05, 0.1) is 5.36 Å². The highest BCUT2D eigenvalue weighted by Gasteiger charge is 2.06. The van der Waals surface area contributed by atoms with Gasteiger partial charge in [0.2, 0.25) is 0 Å². The molecule has 1 amide bonds. The summed E-state index contributed by atoms with van der Waals surface area (Å²) in [6.45, 7) is 0. The van der Waals surface area contributed by atoms with E-state index in [0.717, 1.165) is 5.22 Å². The van der Waals surface area contributed by atoms with Gasteiger partial charge in [0.1, 0.15) is 0 Å². The fourth-order valence-electron chi connectivity index (χ4n) is 1.01. The topological polar surface area (TPSA) is 53.3 Å². The first-order valence-electron chi connectivity index (χ1n) is 3.41. The van der Waals surface area contributed by atoms with Crippen LogP contribution in [0.25, 0.3) is 5.41 Å². The second-order valence-corrected chi connectivity index (χ2v) is 3.65. The van der Waals surface area contributed by atoms with Crippen LogP contribution in [0, 0.1) is 4.78 Å². The fraction of sp³-hybridized carbons (Fsp3) is 0. The van der Waals surface area contributed by atoms with Crippen molar-refractivity contribution in [1.29, 1.82) is 4.78 Å². The van der Waals surface area contributed by atoms with Gasteiger partial charge >= 0.3 is 5.24 Å². The van der Waals surface area contributed by atoms with E-state index in [4.69, 9.17) is 4.78 Å². The Hall–Kier alpha value is -1.29. The predicted octanol–water partition coefficient (Wildman–Crippen LogP) is 0.558. The molecule has 1 aliphatic heterocycles. The van der Waals surface area contributed by atoms with Gasteiger partial charge in [-0.15, -0.1) is 0 Å². The van der Waals surface area contributed by atoms with Gasteiger partial charge in [-0.25, -0.2) is 4.99 Å². The maximum Gasteiger partial charge on any atom is 0.319 e. The van der Waals surface area contributed by atoms with E-state index >= 15 is 0 Å². The Morgan fingerprint density at radius 3 is 2.92 bits per heavy atom. The Labute approximate surface area is 71.3 Å². The molecule has 0 bridgehead atoms. The number of hydrogen-bond donors (Lipinski definition) is 1. The Morgan fingerprint density at radius 2 is 2.08 bits per heavy atom. The quantitative estimate of drug-likeness (QED) is 0.620. The first kappa shape index (κ1) is 7.36. The van der Waals surface area contributed by atoms with Gasteiger partial charge in [0, 0.05) is 21.3 Å². The molecule has 12 heavy (non-hydrogen) atoms. The summed E-state index contributed by atoms with van der Waals surface area (Å²) in [5.74, 6) is 0. The van der Waals surface area contributed by atoms with Crippen molar-refractivity contribution in [2.75, 3.05) is 0 Å². The SMILES string of the molecule is N=S1C=c2ccccc2=NC1=O. The van der Waals surface area contributed by atoms with Gasteiger partial charge in [0.25, 0.3) is 0 Å². The van der Waals surface area contributed by atoms with Gasteiger partial charge < -0.3 is 0 Å². The van der Waals surface area contributed by atoms with E-state index in [1.165, 1.54) is 0 Å². The molecule has 4 heteroatoms. The lowest BCUT2D eigenvalue weighted by molar-refractivity contribution is 0.266. The second-order valence-electron chi connectivity index (χ2n) is 2.39. The van der Waals surface area contributed by atoms with E-state index in [-0.39, 0.29) is 5.24 Å². The van der Waals surface area contributed by atoms with Gasteiger partial charge in [0.15, 0.2) is 0 Å². The minimum atomic E-state index is -1.08. The first-order chi connectivity index (χ1) is 5.77. The Bertz CT molecular complexity index is 433. The van der Waals surface area contributed by atoms with Crippen LogP contribution >= 0.6 is 0 Å². The lowest BCUT2D eigenvalue weighted by atomic mass is 10.3. The van der Waals surface area contributed by atoms with Gasteiger partial charge in [-0.1, -0.05) is 18.2 Å². The zero-order valence-electron chi connectivity index (χ0n) is 6.15. The molecular weight excluding hydrogens is 172 g/mol. The molecular formula is C8H6N2OS. The average molecular weight is 178 g/mol. The summed E-state index contributed by atoms with van der Waals surface area (Å²) in [6, 6.07) is 7.34. The van der Waals surface area contributed by atoms with E-state index < -0.39 is 10.7 Å². The molecule has 1 unspecified atom stereocenters. The summed E-state index contributed by atoms with van der Waals surface area (Å²) in [7, 11) is -1.08. The normalized spacial score (nSPS) is 20.7. The molecule has 1 atom stereocenters. The van der Waals surface area contributed by atoms with Crippen LogP contribution in [0.4, 0.5) is 4.79 Å². The van der Waals surface area contributed by atoms with Crippen molar-refractivity contribution in [3.8, 4) is 0 Å². The monoisotopic (exact) mass is 178 g/mol. The smallest absolute Gasteiger partial charge is 0.267 e. The van der Waals surface area contributed by atoms with E-state index in [9.17, 15) is 4.79 Å². The van der Waals surface area contributed by atoms with E-state index in [1.54, 1.807) is 11.5 Å². The maximum absolute atomic E-state index is 11.0. The maximum atomic E-state index is 11.0. The number of nitrogens with one attached hydrogen (secondary N) is 1. The number of fused-ring (bicyclic) bond motifs is 1. The van der Waals surface area contributed by atoms with Crippen LogP contribution in [0.1, 0.15) is 0 Å². The number of nitrogens with zero attached hydrogens (tertiary/aromatic N) is 1. The molecule has 0 aromatic heterocycles. The minimum absolute atomic E-state index is 0.353. The number of rotatable bonds is 0. The van der Waals surface area contributed by atoms with Crippen LogP contribution in [0.3, 0.4) is 0 Å². The summed E-state index contributed by atoms with van der Waals surface area (Å²) in [5.41, 5.74) is 0. The van der Waals surface area contributed by atoms with E-state index in [0.29, 0.717) is 5.36 Å². The molecule has 3 nitrogen and oxygen atoms in total. The van der Waals surface area contributed by atoms with Crippen molar-refractivity contribution in [1.82, 2.24) is 0 Å². The third-order valence-electron chi connectivity index (χ3n) is 1.58. The van der Waals surface area contributed by atoms with Gasteiger partial charge in [-0.3, -0.25) is 9.57 Å². The molecule has 0 saturated heterocycles. The lowest BCUT2D eigenvalue weighted by Gasteiger charge is -1.98. The third-order valence-corrected chi connectivity index (χ3v) is 2.54. The van der Waals surface area contributed by atoms with Crippen LogP contribution < -0.4 is 10.6 Å². The average Bonchev–Trinajstić information content (AvgIpc) is 2.07. The van der Waals surface area contributed by atoms with Crippen LogP contribution in [0.15, 0.2) is 29.3 Å². The molecule has 0 radical (unpaired) electrons. The van der Waals surface area contributed by atoms with Crippen molar-refractivity contribution in [3.63, 3.8) is 0 Å². The van der Waals surface area contributed by atoms with Crippen LogP contribution in [0.2, 0.25) is 0 Å². The molecule has 60 valence electrons. The lowest BCUT2D eigenvalue weighted by Crippen LogP contribution is -2.30. The Morgan fingerprint density at radius 1 is 1.33 bits per heavy atom. The predicted molar refractivity (Wildman–Crippen MR) is 47.2 cm³/mol. The van der Waals surface area contributed by atoms with Gasteiger partial charge in [-0.2, -0.15) is 0 Å². The van der Waals surface area contributed by atoms with Crippen molar-refractivity contribution in [3.05, 3.63) is 34.8 Å². The number of carbonyl (C=O) groups is 1. The molecule has 0 fully saturated rings. The second kappa shape index (κ2) is 2.64. The van der Waals surface area contributed by atoms with E-state index in [1.807, 2.05) is 18.2 Å². The Balaban J connectivity index is 2.87. The number of carbonyl (C=O) groups excluding carboxylic acids is 1. The van der Waals surface area contributed by atoms with Crippen LogP contribution in [0.5, 0.6) is 0 Å². The summed E-state index contributed by atoms with van der Waals surface area (Å²) < 4.78 is 7.34. The molecule has 1 heterocycles. The Kier molecular flexibility index (Phi) is 1.62. The molecule has 2 rings (SSSR count). The number of hydrogen-bond acceptors (Lipinski definition) is 2. The highest BCUT2D eigenvalue weighted by Crippen LogP contribution is 1.94. The summed E-state index contributed by atoms with van der Waals surface area (Å²) >= 11 is 0. The van der Waals surface area contributed by atoms with Crippen LogP contribution in [-0.4, -0.2) is 5.24 Å². The summed E-state index contributed by atoms with van der Waals surface area (Å²) in [4.78, 5) is 14.8. The zero-order chi connectivity index (χ0) is 8.55. The van der Waals surface area contributed by atoms with Crippen molar-refractivity contribution < 1.29 is 4.79 Å². The number of para-hydroxylation sites is 1. The summed E-state index contributed by atoms with van der Waals surface area (Å²) in [6.07, 6.45) is 0.